The molecule has 0 aromatic rings. The first-order valence-electron chi connectivity index (χ1n) is 7.47. The van der Waals surface area contributed by atoms with Crippen molar-refractivity contribution in [1.29, 1.82) is 0 Å². The van der Waals surface area contributed by atoms with E-state index in [0.717, 1.165) is 12.3 Å². The van der Waals surface area contributed by atoms with Gasteiger partial charge in [-0.3, -0.25) is 0 Å². The number of carbonyl (C=O) groups excluding carboxylic acids is 1. The van der Waals surface area contributed by atoms with Gasteiger partial charge in [0.1, 0.15) is 5.60 Å². The fraction of sp³-hybridized carbons (Fsp3) is 0.933. The summed E-state index contributed by atoms with van der Waals surface area (Å²) in [6.07, 6.45) is 7.36. The zero-order chi connectivity index (χ0) is 14.5. The maximum absolute atomic E-state index is 11.8. The molecule has 0 aliphatic heterocycles. The van der Waals surface area contributed by atoms with Crippen molar-refractivity contribution in [1.82, 2.24) is 4.90 Å². The lowest BCUT2D eigenvalue weighted by Gasteiger charge is -2.29. The summed E-state index contributed by atoms with van der Waals surface area (Å²) in [7, 11) is 1.76. The molecule has 0 spiro atoms. The van der Waals surface area contributed by atoms with Gasteiger partial charge in [-0.2, -0.15) is 0 Å². The summed E-state index contributed by atoms with van der Waals surface area (Å²) in [6.45, 7) is 6.20. The second-order valence-electron chi connectivity index (χ2n) is 6.86. The first kappa shape index (κ1) is 16.3. The van der Waals surface area contributed by atoms with E-state index < -0.39 is 5.60 Å². The molecule has 1 aliphatic carbocycles. The second kappa shape index (κ2) is 7.13. The summed E-state index contributed by atoms with van der Waals surface area (Å²) >= 11 is 0. The average molecular weight is 270 g/mol. The Morgan fingerprint density at radius 3 is 2.42 bits per heavy atom. The van der Waals surface area contributed by atoms with Crippen LogP contribution in [-0.4, -0.2) is 36.2 Å². The highest BCUT2D eigenvalue weighted by Gasteiger charge is 2.22. The van der Waals surface area contributed by atoms with Crippen LogP contribution in [0.4, 0.5) is 4.79 Å². The molecule has 2 N–H and O–H groups in total. The smallest absolute Gasteiger partial charge is 0.410 e. The van der Waals surface area contributed by atoms with Crippen molar-refractivity contribution in [2.24, 2.45) is 11.7 Å². The molecular formula is C15H30N2O2. The fourth-order valence-electron chi connectivity index (χ4n) is 2.69. The van der Waals surface area contributed by atoms with Crippen LogP contribution in [0.1, 0.15) is 59.3 Å². The van der Waals surface area contributed by atoms with Crippen molar-refractivity contribution in [2.45, 2.75) is 70.9 Å². The summed E-state index contributed by atoms with van der Waals surface area (Å²) in [4.78, 5) is 13.4. The van der Waals surface area contributed by atoms with Gasteiger partial charge >= 0.3 is 6.09 Å². The second-order valence-corrected chi connectivity index (χ2v) is 6.86. The molecule has 0 aromatic heterocycles. The van der Waals surface area contributed by atoms with Crippen LogP contribution in [0, 0.1) is 5.92 Å². The Kier molecular flexibility index (Phi) is 6.11. The van der Waals surface area contributed by atoms with Crippen LogP contribution in [0.25, 0.3) is 0 Å². The van der Waals surface area contributed by atoms with E-state index in [1.807, 2.05) is 20.8 Å². The number of ether oxygens (including phenoxy) is 1. The summed E-state index contributed by atoms with van der Waals surface area (Å²) in [5.74, 6) is 0.746. The van der Waals surface area contributed by atoms with Gasteiger partial charge in [-0.25, -0.2) is 4.79 Å². The minimum atomic E-state index is -0.446. The summed E-state index contributed by atoms with van der Waals surface area (Å²) in [5.41, 5.74) is 5.71. The van der Waals surface area contributed by atoms with E-state index >= 15 is 0 Å². The van der Waals surface area contributed by atoms with Crippen LogP contribution in [0.2, 0.25) is 0 Å². The maximum Gasteiger partial charge on any atom is 0.410 e. The van der Waals surface area contributed by atoms with Crippen molar-refractivity contribution in [2.75, 3.05) is 13.6 Å². The lowest BCUT2D eigenvalue weighted by atomic mass is 9.85. The molecule has 0 heterocycles. The number of likely N-dealkylation sites (N-methyl/N-ethyl adjacent to an activating group) is 1. The molecule has 0 bridgehead atoms. The van der Waals surface area contributed by atoms with Crippen molar-refractivity contribution >= 4 is 6.09 Å². The van der Waals surface area contributed by atoms with Gasteiger partial charge in [-0.15, -0.1) is 0 Å². The molecule has 19 heavy (non-hydrogen) atoms. The molecule has 1 saturated carbocycles. The molecule has 1 atom stereocenters. The number of amides is 1. The topological polar surface area (TPSA) is 55.6 Å². The molecule has 1 rings (SSSR count). The SMILES string of the molecule is CN(C[C@H](N)CC1CCCCC1)C(=O)OC(C)(C)C. The summed E-state index contributed by atoms with van der Waals surface area (Å²) in [5, 5.41) is 0. The largest absolute Gasteiger partial charge is 0.444 e. The molecule has 4 heteroatoms. The Bertz CT molecular complexity index is 280. The summed E-state index contributed by atoms with van der Waals surface area (Å²) in [6, 6.07) is 0.0561. The van der Waals surface area contributed by atoms with Crippen molar-refractivity contribution in [3.63, 3.8) is 0 Å². The fourth-order valence-corrected chi connectivity index (χ4v) is 2.69. The van der Waals surface area contributed by atoms with Gasteiger partial charge in [0.15, 0.2) is 0 Å². The first-order chi connectivity index (χ1) is 8.78. The predicted octanol–water partition coefficient (Wildman–Crippen LogP) is 3.15. The van der Waals surface area contributed by atoms with Gasteiger partial charge in [0, 0.05) is 19.6 Å². The van der Waals surface area contributed by atoms with Crippen LogP contribution in [0.15, 0.2) is 0 Å². The Morgan fingerprint density at radius 1 is 1.32 bits per heavy atom. The molecule has 0 unspecified atom stereocenters. The predicted molar refractivity (Wildman–Crippen MR) is 78.0 cm³/mol. The van der Waals surface area contributed by atoms with E-state index in [4.69, 9.17) is 10.5 Å². The number of nitrogens with zero attached hydrogens (tertiary/aromatic N) is 1. The molecule has 1 aliphatic rings. The molecule has 0 aromatic carbocycles. The average Bonchev–Trinajstić information content (AvgIpc) is 2.27. The van der Waals surface area contributed by atoms with Crippen molar-refractivity contribution in [3.8, 4) is 0 Å². The minimum absolute atomic E-state index is 0.0561. The van der Waals surface area contributed by atoms with E-state index in [1.54, 1.807) is 11.9 Å². The first-order valence-corrected chi connectivity index (χ1v) is 7.47. The van der Waals surface area contributed by atoms with Crippen molar-refractivity contribution < 1.29 is 9.53 Å². The third-order valence-corrected chi connectivity index (χ3v) is 3.57. The van der Waals surface area contributed by atoms with E-state index in [0.29, 0.717) is 6.54 Å². The van der Waals surface area contributed by atoms with Gasteiger partial charge in [0.05, 0.1) is 0 Å². The zero-order valence-electron chi connectivity index (χ0n) is 12.9. The van der Waals surface area contributed by atoms with Crippen LogP contribution in [-0.2, 0) is 4.74 Å². The van der Waals surface area contributed by atoms with E-state index in [2.05, 4.69) is 0 Å². The molecule has 1 amide bonds. The zero-order valence-corrected chi connectivity index (χ0v) is 12.9. The van der Waals surface area contributed by atoms with E-state index in [1.165, 1.54) is 32.1 Å². The lowest BCUT2D eigenvalue weighted by Crippen LogP contribution is -2.42. The van der Waals surface area contributed by atoms with Gasteiger partial charge in [0.2, 0.25) is 0 Å². The molecule has 0 saturated heterocycles. The highest BCUT2D eigenvalue weighted by molar-refractivity contribution is 5.67. The van der Waals surface area contributed by atoms with Crippen molar-refractivity contribution in [3.05, 3.63) is 0 Å². The van der Waals surface area contributed by atoms with Crippen LogP contribution >= 0.6 is 0 Å². The molecule has 4 nitrogen and oxygen atoms in total. The summed E-state index contributed by atoms with van der Waals surface area (Å²) < 4.78 is 5.32. The number of nitrogens with two attached hydrogens (primary N) is 1. The number of hydrogen-bond donors (Lipinski definition) is 1. The Morgan fingerprint density at radius 2 is 1.89 bits per heavy atom. The van der Waals surface area contributed by atoms with Gasteiger partial charge in [-0.1, -0.05) is 32.1 Å². The highest BCUT2D eigenvalue weighted by Crippen LogP contribution is 2.27. The molecule has 112 valence electrons. The lowest BCUT2D eigenvalue weighted by molar-refractivity contribution is 0.0284. The highest BCUT2D eigenvalue weighted by atomic mass is 16.6. The van der Waals surface area contributed by atoms with Gasteiger partial charge in [-0.05, 0) is 33.1 Å². The third-order valence-electron chi connectivity index (χ3n) is 3.57. The monoisotopic (exact) mass is 270 g/mol. The van der Waals surface area contributed by atoms with Gasteiger partial charge < -0.3 is 15.4 Å². The normalized spacial score (nSPS) is 19.0. The number of hydrogen-bond acceptors (Lipinski definition) is 3. The Hall–Kier alpha value is -0.770. The molecular weight excluding hydrogens is 240 g/mol. The number of carbonyl (C=O) groups is 1. The third kappa shape index (κ3) is 6.81. The molecule has 0 radical (unpaired) electrons. The minimum Gasteiger partial charge on any atom is -0.444 e. The number of rotatable bonds is 4. The van der Waals surface area contributed by atoms with E-state index in [-0.39, 0.29) is 12.1 Å². The maximum atomic E-state index is 11.8. The molecule has 1 fully saturated rings. The van der Waals surface area contributed by atoms with E-state index in [9.17, 15) is 4.79 Å². The van der Waals surface area contributed by atoms with Crippen LogP contribution < -0.4 is 5.73 Å². The van der Waals surface area contributed by atoms with Gasteiger partial charge in [0.25, 0.3) is 0 Å². The van der Waals surface area contributed by atoms with Crippen LogP contribution in [0.5, 0.6) is 0 Å². The Labute approximate surface area is 117 Å². The van der Waals surface area contributed by atoms with Crippen LogP contribution in [0.3, 0.4) is 0 Å². The Balaban J connectivity index is 2.30. The quantitative estimate of drug-likeness (QED) is 0.853. The standard InChI is InChI=1S/C15H30N2O2/c1-15(2,3)19-14(18)17(4)11-13(16)10-12-8-6-5-7-9-12/h12-13H,5-11,16H2,1-4H3/t13-/m1/s1.